The lowest BCUT2D eigenvalue weighted by Gasteiger charge is -2.30. The summed E-state index contributed by atoms with van der Waals surface area (Å²) >= 11 is 0. The van der Waals surface area contributed by atoms with Gasteiger partial charge < -0.3 is 9.08 Å². The van der Waals surface area contributed by atoms with E-state index < -0.39 is 15.5 Å². The van der Waals surface area contributed by atoms with Crippen molar-refractivity contribution in [1.29, 1.82) is 0 Å². The minimum Gasteiger partial charge on any atom is -0.382 e. The Morgan fingerprint density at radius 1 is 0.964 bits per heavy atom. The van der Waals surface area contributed by atoms with Crippen LogP contribution in [0.4, 0.5) is 4.39 Å². The molecular formula is C21H26FNO4S. The third-order valence-electron chi connectivity index (χ3n) is 4.09. The zero-order valence-electron chi connectivity index (χ0n) is 16.6. The Labute approximate surface area is 166 Å². The molecule has 0 spiro atoms. The second-order valence-electron chi connectivity index (χ2n) is 7.61. The summed E-state index contributed by atoms with van der Waals surface area (Å²) in [6, 6.07) is 12.7. The summed E-state index contributed by atoms with van der Waals surface area (Å²) in [6.45, 7) is 7.74. The third-order valence-corrected chi connectivity index (χ3v) is 5.24. The van der Waals surface area contributed by atoms with Gasteiger partial charge in [0.05, 0.1) is 5.75 Å². The van der Waals surface area contributed by atoms with Gasteiger partial charge in [0.15, 0.2) is 0 Å². The van der Waals surface area contributed by atoms with Crippen molar-refractivity contribution in [3.8, 4) is 5.75 Å². The van der Waals surface area contributed by atoms with Crippen molar-refractivity contribution in [3.05, 3.63) is 65.5 Å². The predicted octanol–water partition coefficient (Wildman–Crippen LogP) is 4.13. The highest BCUT2D eigenvalue weighted by molar-refractivity contribution is 7.87. The first-order chi connectivity index (χ1) is 13.0. The summed E-state index contributed by atoms with van der Waals surface area (Å²) in [7, 11) is -3.58. The zero-order valence-corrected chi connectivity index (χ0v) is 17.4. The lowest BCUT2D eigenvalue weighted by atomic mass is 9.94. The van der Waals surface area contributed by atoms with Gasteiger partial charge in [0, 0.05) is 18.5 Å². The van der Waals surface area contributed by atoms with E-state index in [1.165, 1.54) is 19.1 Å². The van der Waals surface area contributed by atoms with Gasteiger partial charge in [0.2, 0.25) is 5.91 Å². The molecule has 2 aromatic carbocycles. The molecule has 0 aliphatic heterocycles. The van der Waals surface area contributed by atoms with Crippen molar-refractivity contribution in [2.24, 2.45) is 5.41 Å². The first kappa shape index (κ1) is 21.9. The highest BCUT2D eigenvalue weighted by Gasteiger charge is 2.27. The average molecular weight is 408 g/mol. The fraction of sp³-hybridized carbons (Fsp3) is 0.381. The molecule has 0 heterocycles. The Morgan fingerprint density at radius 3 is 1.86 bits per heavy atom. The van der Waals surface area contributed by atoms with Gasteiger partial charge >= 0.3 is 10.1 Å². The average Bonchev–Trinajstić information content (AvgIpc) is 2.63. The molecular weight excluding hydrogens is 381 g/mol. The number of hydrogen-bond donors (Lipinski definition) is 0. The van der Waals surface area contributed by atoms with Crippen LogP contribution in [0.1, 0.15) is 38.8 Å². The van der Waals surface area contributed by atoms with Gasteiger partial charge in [-0.2, -0.15) is 8.42 Å². The monoisotopic (exact) mass is 407 g/mol. The van der Waals surface area contributed by atoms with Crippen LogP contribution in [0.3, 0.4) is 0 Å². The van der Waals surface area contributed by atoms with Crippen LogP contribution in [0, 0.1) is 11.2 Å². The molecule has 5 nitrogen and oxygen atoms in total. The molecule has 0 saturated heterocycles. The van der Waals surface area contributed by atoms with E-state index in [2.05, 4.69) is 0 Å². The van der Waals surface area contributed by atoms with Crippen LogP contribution in [0.15, 0.2) is 48.5 Å². The number of carbonyl (C=O) groups excluding carboxylic acids is 1. The van der Waals surface area contributed by atoms with Crippen molar-refractivity contribution < 1.29 is 21.8 Å². The number of amides is 1. The summed E-state index contributed by atoms with van der Waals surface area (Å²) in [5.41, 5.74) is 1.09. The number of halogens is 1. The second-order valence-corrected chi connectivity index (χ2v) is 9.47. The van der Waals surface area contributed by atoms with Crippen molar-refractivity contribution in [3.63, 3.8) is 0 Å². The summed E-state index contributed by atoms with van der Waals surface area (Å²) in [6.07, 6.45) is 0. The molecule has 152 valence electrons. The molecule has 1 amide bonds. The molecule has 0 unspecified atom stereocenters. The maximum Gasteiger partial charge on any atom is 0.308 e. The summed E-state index contributed by atoms with van der Waals surface area (Å²) in [4.78, 5) is 14.6. The number of nitrogens with zero attached hydrogens (tertiary/aromatic N) is 1. The summed E-state index contributed by atoms with van der Waals surface area (Å²) in [5, 5.41) is 0. The summed E-state index contributed by atoms with van der Waals surface area (Å²) < 4.78 is 41.3. The molecule has 0 aliphatic rings. The molecule has 0 aromatic heterocycles. The fourth-order valence-corrected chi connectivity index (χ4v) is 3.08. The molecule has 0 saturated carbocycles. The van der Waals surface area contributed by atoms with E-state index in [0.717, 1.165) is 11.1 Å². The third kappa shape index (κ3) is 6.34. The first-order valence-corrected chi connectivity index (χ1v) is 10.6. The molecule has 0 N–H and O–H groups in total. The molecule has 7 heteroatoms. The summed E-state index contributed by atoms with van der Waals surface area (Å²) in [5.74, 6) is -0.237. The topological polar surface area (TPSA) is 63.7 Å². The van der Waals surface area contributed by atoms with Gasteiger partial charge in [-0.15, -0.1) is 0 Å². The van der Waals surface area contributed by atoms with Crippen LogP contribution < -0.4 is 4.18 Å². The van der Waals surface area contributed by atoms with Gasteiger partial charge in [0.1, 0.15) is 11.6 Å². The van der Waals surface area contributed by atoms with Gasteiger partial charge in [-0.25, -0.2) is 4.39 Å². The van der Waals surface area contributed by atoms with Gasteiger partial charge in [-0.05, 0) is 42.3 Å². The lowest BCUT2D eigenvalue weighted by molar-refractivity contribution is -0.140. The van der Waals surface area contributed by atoms with E-state index in [0.29, 0.717) is 13.1 Å². The Morgan fingerprint density at radius 2 is 1.43 bits per heavy atom. The van der Waals surface area contributed by atoms with Gasteiger partial charge in [-0.1, -0.05) is 45.0 Å². The molecule has 0 fully saturated rings. The molecule has 0 radical (unpaired) electrons. The zero-order chi connectivity index (χ0) is 20.9. The molecule has 0 bridgehead atoms. The molecule has 2 rings (SSSR count). The minimum absolute atomic E-state index is 0.0364. The maximum absolute atomic E-state index is 13.2. The van der Waals surface area contributed by atoms with Crippen LogP contribution in [0.25, 0.3) is 0 Å². The highest BCUT2D eigenvalue weighted by Crippen LogP contribution is 2.23. The lowest BCUT2D eigenvalue weighted by Crippen LogP contribution is -2.38. The molecule has 0 atom stereocenters. The second kappa shape index (κ2) is 8.73. The Balaban J connectivity index is 2.19. The largest absolute Gasteiger partial charge is 0.382 e. The van der Waals surface area contributed by atoms with Crippen LogP contribution in [0.2, 0.25) is 0 Å². The maximum atomic E-state index is 13.2. The Bertz CT molecular complexity index is 901. The number of carbonyl (C=O) groups is 1. The molecule has 2 aromatic rings. The van der Waals surface area contributed by atoms with Crippen molar-refractivity contribution in [2.45, 2.75) is 40.8 Å². The Kier molecular flexibility index (Phi) is 6.82. The minimum atomic E-state index is -3.58. The van der Waals surface area contributed by atoms with E-state index in [9.17, 15) is 17.6 Å². The quantitative estimate of drug-likeness (QED) is 0.648. The van der Waals surface area contributed by atoms with Crippen LogP contribution in [-0.4, -0.2) is 25.0 Å². The van der Waals surface area contributed by atoms with E-state index in [4.69, 9.17) is 4.18 Å². The van der Waals surface area contributed by atoms with Crippen LogP contribution in [0.5, 0.6) is 5.75 Å². The van der Waals surface area contributed by atoms with E-state index in [-0.39, 0.29) is 23.2 Å². The SMILES string of the molecule is CCS(=O)(=O)Oc1ccc(CN(Cc2ccc(F)cc2)C(=O)C(C)(C)C)cc1. The standard InChI is InChI=1S/C21H26FNO4S/c1-5-28(25,26)27-19-12-8-17(9-13-19)15-23(20(24)21(2,3)4)14-16-6-10-18(22)11-7-16/h6-13H,5,14-15H2,1-4H3. The van der Waals surface area contributed by atoms with Crippen molar-refractivity contribution in [2.75, 3.05) is 5.75 Å². The van der Waals surface area contributed by atoms with Crippen molar-refractivity contribution in [1.82, 2.24) is 4.90 Å². The molecule has 0 aliphatic carbocycles. The smallest absolute Gasteiger partial charge is 0.308 e. The normalized spacial score (nSPS) is 11.9. The van der Waals surface area contributed by atoms with E-state index in [1.54, 1.807) is 41.3 Å². The number of benzene rings is 2. The van der Waals surface area contributed by atoms with Crippen LogP contribution in [-0.2, 0) is 28.0 Å². The first-order valence-electron chi connectivity index (χ1n) is 9.05. The highest BCUT2D eigenvalue weighted by atomic mass is 32.2. The number of hydrogen-bond acceptors (Lipinski definition) is 4. The van der Waals surface area contributed by atoms with Gasteiger partial charge in [-0.3, -0.25) is 4.79 Å². The van der Waals surface area contributed by atoms with E-state index >= 15 is 0 Å². The van der Waals surface area contributed by atoms with E-state index in [1.807, 2.05) is 20.8 Å². The molecule has 28 heavy (non-hydrogen) atoms. The fourth-order valence-electron chi connectivity index (χ4n) is 2.56. The van der Waals surface area contributed by atoms with Crippen molar-refractivity contribution >= 4 is 16.0 Å². The Hall–Kier alpha value is -2.41. The predicted molar refractivity (Wildman–Crippen MR) is 107 cm³/mol. The number of rotatable bonds is 7. The van der Waals surface area contributed by atoms with Gasteiger partial charge in [0.25, 0.3) is 0 Å². The van der Waals surface area contributed by atoms with Crippen LogP contribution >= 0.6 is 0 Å².